The summed E-state index contributed by atoms with van der Waals surface area (Å²) in [6.45, 7) is 8.29. The van der Waals surface area contributed by atoms with Gasteiger partial charge in [0.15, 0.2) is 0 Å². The normalized spacial score (nSPS) is 18.9. The van der Waals surface area contributed by atoms with E-state index in [2.05, 4.69) is 51.6 Å². The third-order valence-corrected chi connectivity index (χ3v) is 6.21. The van der Waals surface area contributed by atoms with Crippen LogP contribution in [0.4, 0.5) is 10.5 Å². The van der Waals surface area contributed by atoms with Crippen LogP contribution in [0.2, 0.25) is 0 Å². The molecule has 0 radical (unpaired) electrons. The quantitative estimate of drug-likeness (QED) is 0.613. The molecule has 1 fully saturated rings. The first-order valence-corrected chi connectivity index (χ1v) is 11.6. The SMILES string of the molecule is CCOc1ccccc1[C@@H]1NC(=O)NC(CN2CCN(c3cccc(C)c3)CC2)=C1C(=O)OC. The molecule has 1 atom stereocenters. The minimum absolute atomic E-state index is 0.350. The molecule has 8 nitrogen and oxygen atoms in total. The highest BCUT2D eigenvalue weighted by molar-refractivity contribution is 5.95. The maximum absolute atomic E-state index is 12.9. The van der Waals surface area contributed by atoms with Crippen LogP contribution in [0.1, 0.15) is 24.1 Å². The summed E-state index contributed by atoms with van der Waals surface area (Å²) in [5.41, 5.74) is 4.15. The van der Waals surface area contributed by atoms with Crippen molar-refractivity contribution in [2.75, 3.05) is 51.3 Å². The van der Waals surface area contributed by atoms with Gasteiger partial charge in [-0.3, -0.25) is 4.90 Å². The van der Waals surface area contributed by atoms with Crippen molar-refractivity contribution in [1.29, 1.82) is 0 Å². The standard InChI is InChI=1S/C26H32N4O4/c1-4-34-22-11-6-5-10-20(22)24-23(25(31)33-3)21(27-26(32)28-24)17-29-12-14-30(15-13-29)19-9-7-8-18(2)16-19/h5-11,16,24H,4,12-15,17H2,1-3H3,(H2,27,28,32)/t24-/m0/s1. The largest absolute Gasteiger partial charge is 0.494 e. The van der Waals surface area contributed by atoms with E-state index in [9.17, 15) is 9.59 Å². The fourth-order valence-corrected chi connectivity index (χ4v) is 4.55. The number of ether oxygens (including phenoxy) is 2. The van der Waals surface area contributed by atoms with Gasteiger partial charge >= 0.3 is 12.0 Å². The van der Waals surface area contributed by atoms with Crippen molar-refractivity contribution in [3.05, 3.63) is 70.9 Å². The molecule has 34 heavy (non-hydrogen) atoms. The van der Waals surface area contributed by atoms with Gasteiger partial charge in [0.05, 0.1) is 25.3 Å². The molecule has 2 amide bonds. The summed E-state index contributed by atoms with van der Waals surface area (Å²) in [4.78, 5) is 30.1. The Bertz CT molecular complexity index is 1080. The predicted octanol–water partition coefficient (Wildman–Crippen LogP) is 3.00. The maximum atomic E-state index is 12.9. The molecule has 8 heteroatoms. The summed E-state index contributed by atoms with van der Waals surface area (Å²) >= 11 is 0. The first kappa shape index (κ1) is 23.6. The van der Waals surface area contributed by atoms with E-state index < -0.39 is 12.0 Å². The smallest absolute Gasteiger partial charge is 0.338 e. The summed E-state index contributed by atoms with van der Waals surface area (Å²) < 4.78 is 10.9. The van der Waals surface area contributed by atoms with Crippen molar-refractivity contribution in [1.82, 2.24) is 15.5 Å². The van der Waals surface area contributed by atoms with Crippen molar-refractivity contribution >= 4 is 17.7 Å². The summed E-state index contributed by atoms with van der Waals surface area (Å²) in [5, 5.41) is 5.75. The number of carbonyl (C=O) groups is 2. The highest BCUT2D eigenvalue weighted by Gasteiger charge is 2.35. The van der Waals surface area contributed by atoms with Crippen molar-refractivity contribution in [3.8, 4) is 5.75 Å². The monoisotopic (exact) mass is 464 g/mol. The Morgan fingerprint density at radius 3 is 2.56 bits per heavy atom. The molecule has 2 aromatic carbocycles. The fraction of sp³-hybridized carbons (Fsp3) is 0.385. The Morgan fingerprint density at radius 2 is 1.85 bits per heavy atom. The number of rotatable bonds is 7. The Kier molecular flexibility index (Phi) is 7.37. The second-order valence-corrected chi connectivity index (χ2v) is 8.49. The lowest BCUT2D eigenvalue weighted by Gasteiger charge is -2.38. The highest BCUT2D eigenvalue weighted by atomic mass is 16.5. The van der Waals surface area contributed by atoms with E-state index in [1.165, 1.54) is 18.4 Å². The molecule has 2 heterocycles. The molecule has 2 N–H and O–H groups in total. The highest BCUT2D eigenvalue weighted by Crippen LogP contribution is 2.34. The molecule has 180 valence electrons. The zero-order valence-corrected chi connectivity index (χ0v) is 20.0. The molecule has 2 aliphatic heterocycles. The Hall–Kier alpha value is -3.52. The zero-order chi connectivity index (χ0) is 24.1. The Labute approximate surface area is 200 Å². The summed E-state index contributed by atoms with van der Waals surface area (Å²) in [7, 11) is 1.36. The van der Waals surface area contributed by atoms with Gasteiger partial charge < -0.3 is 25.0 Å². The molecular formula is C26H32N4O4. The lowest BCUT2D eigenvalue weighted by molar-refractivity contribution is -0.136. The van der Waals surface area contributed by atoms with Gasteiger partial charge in [0.2, 0.25) is 0 Å². The van der Waals surface area contributed by atoms with E-state index >= 15 is 0 Å². The molecule has 0 saturated carbocycles. The van der Waals surface area contributed by atoms with Gasteiger partial charge in [-0.15, -0.1) is 0 Å². The van der Waals surface area contributed by atoms with Crippen LogP contribution in [-0.4, -0.2) is 63.3 Å². The van der Waals surface area contributed by atoms with Crippen LogP contribution in [0.25, 0.3) is 0 Å². The molecule has 0 bridgehead atoms. The van der Waals surface area contributed by atoms with Crippen molar-refractivity contribution in [2.45, 2.75) is 19.9 Å². The van der Waals surface area contributed by atoms with Crippen LogP contribution in [0, 0.1) is 6.92 Å². The number of benzene rings is 2. The van der Waals surface area contributed by atoms with Gasteiger partial charge in [-0.1, -0.05) is 30.3 Å². The zero-order valence-electron chi connectivity index (χ0n) is 20.0. The van der Waals surface area contributed by atoms with Crippen molar-refractivity contribution in [3.63, 3.8) is 0 Å². The molecule has 2 aliphatic rings. The van der Waals surface area contributed by atoms with Gasteiger partial charge in [0.25, 0.3) is 0 Å². The number of nitrogens with one attached hydrogen (secondary N) is 2. The number of anilines is 1. The van der Waals surface area contributed by atoms with Gasteiger partial charge in [-0.2, -0.15) is 0 Å². The molecule has 2 aromatic rings. The number of para-hydroxylation sites is 1. The molecule has 0 aromatic heterocycles. The topological polar surface area (TPSA) is 83.1 Å². The van der Waals surface area contributed by atoms with E-state index in [-0.39, 0.29) is 6.03 Å². The van der Waals surface area contributed by atoms with E-state index in [1.807, 2.05) is 31.2 Å². The molecule has 0 unspecified atom stereocenters. The number of esters is 1. The first-order valence-electron chi connectivity index (χ1n) is 11.6. The number of piperazine rings is 1. The number of methoxy groups -OCH3 is 1. The third kappa shape index (κ3) is 5.17. The van der Waals surface area contributed by atoms with Crippen LogP contribution in [0.5, 0.6) is 5.75 Å². The molecule has 4 rings (SSSR count). The number of hydrogen-bond acceptors (Lipinski definition) is 6. The minimum Gasteiger partial charge on any atom is -0.494 e. The third-order valence-electron chi connectivity index (χ3n) is 6.21. The number of amides is 2. The van der Waals surface area contributed by atoms with Gasteiger partial charge in [0.1, 0.15) is 5.75 Å². The number of hydrogen-bond donors (Lipinski definition) is 2. The van der Waals surface area contributed by atoms with Crippen molar-refractivity contribution in [2.24, 2.45) is 0 Å². The predicted molar refractivity (Wildman–Crippen MR) is 131 cm³/mol. The van der Waals surface area contributed by atoms with Crippen molar-refractivity contribution < 1.29 is 19.1 Å². The lowest BCUT2D eigenvalue weighted by Crippen LogP contribution is -2.51. The average molecular weight is 465 g/mol. The van der Waals surface area contributed by atoms with Crippen LogP contribution >= 0.6 is 0 Å². The van der Waals surface area contributed by atoms with E-state index in [0.717, 1.165) is 31.7 Å². The lowest BCUT2D eigenvalue weighted by atomic mass is 9.94. The van der Waals surface area contributed by atoms with Crippen LogP contribution in [0.3, 0.4) is 0 Å². The number of urea groups is 1. The number of aryl methyl sites for hydroxylation is 1. The number of carbonyl (C=O) groups excluding carboxylic acids is 2. The second-order valence-electron chi connectivity index (χ2n) is 8.49. The van der Waals surface area contributed by atoms with E-state index in [0.29, 0.717) is 30.2 Å². The van der Waals surface area contributed by atoms with E-state index in [4.69, 9.17) is 9.47 Å². The Balaban J connectivity index is 1.57. The fourth-order valence-electron chi connectivity index (χ4n) is 4.55. The second kappa shape index (κ2) is 10.6. The minimum atomic E-state index is -0.660. The summed E-state index contributed by atoms with van der Waals surface area (Å²) in [6.07, 6.45) is 0. The van der Waals surface area contributed by atoms with E-state index in [1.54, 1.807) is 0 Å². The molecule has 1 saturated heterocycles. The van der Waals surface area contributed by atoms with Crippen LogP contribution in [-0.2, 0) is 9.53 Å². The van der Waals surface area contributed by atoms with Gasteiger partial charge in [-0.25, -0.2) is 9.59 Å². The average Bonchev–Trinajstić information content (AvgIpc) is 2.84. The maximum Gasteiger partial charge on any atom is 0.338 e. The van der Waals surface area contributed by atoms with Gasteiger partial charge in [-0.05, 0) is 37.6 Å². The summed E-state index contributed by atoms with van der Waals surface area (Å²) in [5.74, 6) is 0.155. The molecule has 0 spiro atoms. The first-order chi connectivity index (χ1) is 16.5. The summed E-state index contributed by atoms with van der Waals surface area (Å²) in [6, 6.07) is 14.9. The van der Waals surface area contributed by atoms with Crippen LogP contribution < -0.4 is 20.3 Å². The number of nitrogens with zero attached hydrogens (tertiary/aromatic N) is 2. The van der Waals surface area contributed by atoms with Crippen LogP contribution in [0.15, 0.2) is 59.8 Å². The molecule has 0 aliphatic carbocycles. The van der Waals surface area contributed by atoms with Gasteiger partial charge in [0, 0.05) is 49.7 Å². The Morgan fingerprint density at radius 1 is 1.09 bits per heavy atom. The molecular weight excluding hydrogens is 432 g/mol.